The van der Waals surface area contributed by atoms with E-state index in [1.54, 1.807) is 15.8 Å². The van der Waals surface area contributed by atoms with Crippen molar-refractivity contribution in [3.8, 4) is 0 Å². The van der Waals surface area contributed by atoms with E-state index in [4.69, 9.17) is 0 Å². The average Bonchev–Trinajstić information content (AvgIpc) is 3.05. The standard InChI is InChI=1S/C17H24N6O/c1-6-18-17-20-14(5)15(10-13(4)23-9-7-8-19-23)16(21-17)22(11-24)12(2)3/h7-12H,6H2,1-5H3,(H,18,20,21)/b13-10+. The molecule has 128 valence electrons. The number of aryl methyl sites for hydroxylation is 1. The van der Waals surface area contributed by atoms with Crippen LogP contribution >= 0.6 is 0 Å². The van der Waals surface area contributed by atoms with Crippen LogP contribution < -0.4 is 10.2 Å². The van der Waals surface area contributed by atoms with E-state index >= 15 is 0 Å². The summed E-state index contributed by atoms with van der Waals surface area (Å²) in [6, 6.07) is 1.85. The Labute approximate surface area is 142 Å². The van der Waals surface area contributed by atoms with Crippen LogP contribution in [0.5, 0.6) is 0 Å². The Morgan fingerprint density at radius 1 is 1.42 bits per heavy atom. The second-order valence-electron chi connectivity index (χ2n) is 5.74. The maximum atomic E-state index is 11.6. The minimum absolute atomic E-state index is 0.0107. The predicted molar refractivity (Wildman–Crippen MR) is 96.7 cm³/mol. The van der Waals surface area contributed by atoms with Gasteiger partial charge in [0, 0.05) is 36.2 Å². The zero-order valence-electron chi connectivity index (χ0n) is 14.8. The van der Waals surface area contributed by atoms with Crippen LogP contribution in [0.15, 0.2) is 18.5 Å². The second kappa shape index (κ2) is 7.72. The summed E-state index contributed by atoms with van der Waals surface area (Å²) in [4.78, 5) is 22.3. The molecule has 1 N–H and O–H groups in total. The lowest BCUT2D eigenvalue weighted by Gasteiger charge is -2.24. The molecule has 0 unspecified atom stereocenters. The Morgan fingerprint density at radius 3 is 2.71 bits per heavy atom. The monoisotopic (exact) mass is 328 g/mol. The van der Waals surface area contributed by atoms with E-state index in [0.717, 1.165) is 23.4 Å². The Kier molecular flexibility index (Phi) is 5.68. The molecule has 0 aliphatic heterocycles. The van der Waals surface area contributed by atoms with Crippen molar-refractivity contribution in [3.63, 3.8) is 0 Å². The minimum atomic E-state index is -0.0107. The lowest BCUT2D eigenvalue weighted by molar-refractivity contribution is -0.107. The fourth-order valence-electron chi connectivity index (χ4n) is 2.34. The van der Waals surface area contributed by atoms with Crippen LogP contribution in [-0.2, 0) is 4.79 Å². The van der Waals surface area contributed by atoms with Crippen LogP contribution in [0.4, 0.5) is 11.8 Å². The molecule has 0 atom stereocenters. The van der Waals surface area contributed by atoms with Crippen molar-refractivity contribution in [2.45, 2.75) is 40.7 Å². The van der Waals surface area contributed by atoms with E-state index in [1.807, 2.05) is 53.0 Å². The number of amides is 1. The van der Waals surface area contributed by atoms with Gasteiger partial charge in [0.1, 0.15) is 5.82 Å². The Hall–Kier alpha value is -2.70. The molecule has 7 heteroatoms. The van der Waals surface area contributed by atoms with Gasteiger partial charge in [-0.25, -0.2) is 9.67 Å². The van der Waals surface area contributed by atoms with E-state index in [2.05, 4.69) is 20.4 Å². The van der Waals surface area contributed by atoms with Gasteiger partial charge in [0.25, 0.3) is 0 Å². The van der Waals surface area contributed by atoms with Crippen LogP contribution in [0, 0.1) is 6.92 Å². The van der Waals surface area contributed by atoms with E-state index in [9.17, 15) is 4.79 Å². The highest BCUT2D eigenvalue weighted by Gasteiger charge is 2.19. The third-order valence-corrected chi connectivity index (χ3v) is 3.58. The third kappa shape index (κ3) is 3.79. The topological polar surface area (TPSA) is 75.9 Å². The first kappa shape index (κ1) is 17.7. The molecule has 2 heterocycles. The van der Waals surface area contributed by atoms with Gasteiger partial charge in [0.2, 0.25) is 12.4 Å². The molecule has 7 nitrogen and oxygen atoms in total. The molecule has 0 radical (unpaired) electrons. The normalized spacial score (nSPS) is 11.7. The molecule has 24 heavy (non-hydrogen) atoms. The van der Waals surface area contributed by atoms with Gasteiger partial charge in [-0.2, -0.15) is 10.1 Å². The molecule has 1 amide bonds. The summed E-state index contributed by atoms with van der Waals surface area (Å²) in [6.45, 7) is 10.5. The summed E-state index contributed by atoms with van der Waals surface area (Å²) in [5, 5.41) is 7.34. The van der Waals surface area contributed by atoms with E-state index in [-0.39, 0.29) is 6.04 Å². The molecule has 0 fully saturated rings. The van der Waals surface area contributed by atoms with Crippen LogP contribution in [0.2, 0.25) is 0 Å². The molecule has 2 aromatic rings. The zero-order chi connectivity index (χ0) is 17.7. The van der Waals surface area contributed by atoms with Gasteiger partial charge in [0.15, 0.2) is 0 Å². The molecule has 2 rings (SSSR count). The number of carbonyl (C=O) groups excluding carboxylic acids is 1. The van der Waals surface area contributed by atoms with Gasteiger partial charge in [-0.15, -0.1) is 0 Å². The number of nitrogens with one attached hydrogen (secondary N) is 1. The van der Waals surface area contributed by atoms with Gasteiger partial charge in [-0.1, -0.05) is 0 Å². The Balaban J connectivity index is 2.60. The number of hydrogen-bond acceptors (Lipinski definition) is 5. The molecular formula is C17H24N6O. The van der Waals surface area contributed by atoms with Crippen molar-refractivity contribution in [1.82, 2.24) is 19.7 Å². The quantitative estimate of drug-likeness (QED) is 0.791. The SMILES string of the molecule is CCNc1nc(C)c(/C=C(\C)n2cccn2)c(N(C=O)C(C)C)n1. The molecule has 0 aliphatic carbocycles. The highest BCUT2D eigenvalue weighted by molar-refractivity contribution is 5.84. The Morgan fingerprint density at radius 2 is 2.17 bits per heavy atom. The zero-order valence-corrected chi connectivity index (χ0v) is 14.8. The number of nitrogens with zero attached hydrogens (tertiary/aromatic N) is 5. The molecule has 2 aromatic heterocycles. The third-order valence-electron chi connectivity index (χ3n) is 3.58. The number of hydrogen-bond donors (Lipinski definition) is 1. The minimum Gasteiger partial charge on any atom is -0.354 e. The van der Waals surface area contributed by atoms with Gasteiger partial charge >= 0.3 is 0 Å². The summed E-state index contributed by atoms with van der Waals surface area (Å²) >= 11 is 0. The summed E-state index contributed by atoms with van der Waals surface area (Å²) in [6.07, 6.45) is 6.35. The fourth-order valence-corrected chi connectivity index (χ4v) is 2.34. The number of rotatable bonds is 7. The van der Waals surface area contributed by atoms with Crippen molar-refractivity contribution in [2.24, 2.45) is 0 Å². The lowest BCUT2D eigenvalue weighted by Crippen LogP contribution is -2.31. The van der Waals surface area contributed by atoms with E-state index in [0.29, 0.717) is 18.3 Å². The molecule has 0 aliphatic rings. The average molecular weight is 328 g/mol. The first-order chi connectivity index (χ1) is 11.5. The number of anilines is 2. The molecule has 0 bridgehead atoms. The molecule has 0 saturated carbocycles. The number of allylic oxidation sites excluding steroid dienone is 1. The van der Waals surface area contributed by atoms with Gasteiger partial charge < -0.3 is 5.32 Å². The summed E-state index contributed by atoms with van der Waals surface area (Å²) < 4.78 is 1.77. The molecular weight excluding hydrogens is 304 g/mol. The highest BCUT2D eigenvalue weighted by Crippen LogP contribution is 2.26. The largest absolute Gasteiger partial charge is 0.354 e. The van der Waals surface area contributed by atoms with Crippen LogP contribution in [0.1, 0.15) is 39.0 Å². The number of carbonyl (C=O) groups is 1. The maximum Gasteiger partial charge on any atom is 0.224 e. The summed E-state index contributed by atoms with van der Waals surface area (Å²) in [5.41, 5.74) is 2.53. The highest BCUT2D eigenvalue weighted by atomic mass is 16.1. The van der Waals surface area contributed by atoms with Gasteiger partial charge in [0.05, 0.1) is 5.69 Å². The molecule has 0 spiro atoms. The summed E-state index contributed by atoms with van der Waals surface area (Å²) in [5.74, 6) is 1.11. The van der Waals surface area contributed by atoms with Gasteiger partial charge in [-0.3, -0.25) is 9.69 Å². The van der Waals surface area contributed by atoms with Crippen LogP contribution in [-0.4, -0.2) is 38.7 Å². The lowest BCUT2D eigenvalue weighted by atomic mass is 10.1. The smallest absolute Gasteiger partial charge is 0.224 e. The van der Waals surface area contributed by atoms with E-state index < -0.39 is 0 Å². The Bertz CT molecular complexity index is 721. The number of aromatic nitrogens is 4. The fraction of sp³-hybridized carbons (Fsp3) is 0.412. The van der Waals surface area contributed by atoms with Crippen molar-refractivity contribution in [3.05, 3.63) is 29.7 Å². The van der Waals surface area contributed by atoms with Crippen molar-refractivity contribution in [2.75, 3.05) is 16.8 Å². The first-order valence-electron chi connectivity index (χ1n) is 8.02. The summed E-state index contributed by atoms with van der Waals surface area (Å²) in [7, 11) is 0. The predicted octanol–water partition coefficient (Wildman–Crippen LogP) is 2.80. The van der Waals surface area contributed by atoms with Crippen molar-refractivity contribution < 1.29 is 4.79 Å². The van der Waals surface area contributed by atoms with E-state index in [1.165, 1.54) is 0 Å². The van der Waals surface area contributed by atoms with Crippen LogP contribution in [0.25, 0.3) is 11.8 Å². The van der Waals surface area contributed by atoms with Crippen molar-refractivity contribution in [1.29, 1.82) is 0 Å². The molecule has 0 aromatic carbocycles. The molecule has 0 saturated heterocycles. The van der Waals surface area contributed by atoms with Gasteiger partial charge in [-0.05, 0) is 46.8 Å². The second-order valence-corrected chi connectivity index (χ2v) is 5.74. The first-order valence-corrected chi connectivity index (χ1v) is 8.02. The maximum absolute atomic E-state index is 11.6. The van der Waals surface area contributed by atoms with Crippen LogP contribution in [0.3, 0.4) is 0 Å². The van der Waals surface area contributed by atoms with Crippen molar-refractivity contribution >= 4 is 29.9 Å².